The number of aromatic nitrogens is 3. The molecule has 1 aliphatic heterocycles. The summed E-state index contributed by atoms with van der Waals surface area (Å²) in [5.74, 6) is 0.812. The number of fused-ring (bicyclic) bond motifs is 1. The van der Waals surface area contributed by atoms with Crippen LogP contribution in [0.4, 0.5) is 15.9 Å². The summed E-state index contributed by atoms with van der Waals surface area (Å²) < 4.78 is 25.8. The Morgan fingerprint density at radius 3 is 2.93 bits per heavy atom. The van der Waals surface area contributed by atoms with Crippen molar-refractivity contribution in [3.8, 4) is 11.6 Å². The van der Waals surface area contributed by atoms with Crippen LogP contribution in [0.2, 0.25) is 0 Å². The summed E-state index contributed by atoms with van der Waals surface area (Å²) in [7, 11) is 1.48. The number of benzene rings is 1. The zero-order chi connectivity index (χ0) is 18.8. The van der Waals surface area contributed by atoms with Gasteiger partial charge in [0.05, 0.1) is 22.8 Å². The van der Waals surface area contributed by atoms with Crippen LogP contribution < -0.4 is 20.1 Å². The molecule has 9 heteroatoms. The largest absolute Gasteiger partial charge is 0.495 e. The van der Waals surface area contributed by atoms with E-state index < -0.39 is 5.82 Å². The van der Waals surface area contributed by atoms with Crippen LogP contribution in [0, 0.1) is 5.82 Å². The number of hydrogen-bond donors (Lipinski definition) is 2. The number of pyridine rings is 1. The van der Waals surface area contributed by atoms with Gasteiger partial charge in [-0.3, -0.25) is 0 Å². The Hall–Kier alpha value is -2.52. The van der Waals surface area contributed by atoms with Crippen molar-refractivity contribution in [2.45, 2.75) is 12.5 Å². The molecule has 0 spiro atoms. The maximum Gasteiger partial charge on any atom is 0.214 e. The molecule has 0 unspecified atom stereocenters. The molecule has 4 rings (SSSR count). The van der Waals surface area contributed by atoms with Crippen molar-refractivity contribution >= 4 is 38.5 Å². The predicted octanol–water partition coefficient (Wildman–Crippen LogP) is 3.42. The second-order valence-corrected chi connectivity index (χ2v) is 6.83. The first-order chi connectivity index (χ1) is 13.2. The molecule has 0 radical (unpaired) electrons. The third-order valence-corrected chi connectivity index (χ3v) is 5.02. The van der Waals surface area contributed by atoms with Crippen LogP contribution in [0.25, 0.3) is 11.0 Å². The molecule has 3 heterocycles. The Labute approximate surface area is 163 Å². The molecule has 0 aliphatic carbocycles. The topological polar surface area (TPSA) is 81.2 Å². The number of anilines is 2. The Morgan fingerprint density at radius 2 is 2.15 bits per heavy atom. The summed E-state index contributed by atoms with van der Waals surface area (Å²) >= 11 is 3.20. The van der Waals surface area contributed by atoms with Crippen molar-refractivity contribution in [3.05, 3.63) is 40.9 Å². The van der Waals surface area contributed by atoms with Gasteiger partial charge in [0, 0.05) is 12.6 Å². The molecule has 1 fully saturated rings. The van der Waals surface area contributed by atoms with Crippen LogP contribution >= 0.6 is 15.9 Å². The highest BCUT2D eigenvalue weighted by atomic mass is 79.9. The van der Waals surface area contributed by atoms with Gasteiger partial charge in [-0.15, -0.1) is 0 Å². The van der Waals surface area contributed by atoms with Crippen LogP contribution in [-0.4, -0.2) is 41.3 Å². The lowest BCUT2D eigenvalue weighted by atomic mass is 10.2. The normalized spacial score (nSPS) is 16.5. The van der Waals surface area contributed by atoms with Crippen LogP contribution in [-0.2, 0) is 0 Å². The van der Waals surface area contributed by atoms with Gasteiger partial charge in [-0.2, -0.15) is 0 Å². The van der Waals surface area contributed by atoms with Gasteiger partial charge in [0.25, 0.3) is 0 Å². The van der Waals surface area contributed by atoms with Crippen molar-refractivity contribution in [1.29, 1.82) is 0 Å². The van der Waals surface area contributed by atoms with Crippen LogP contribution in [0.15, 0.2) is 35.1 Å². The monoisotopic (exact) mass is 433 g/mol. The Kier molecular flexibility index (Phi) is 5.04. The summed E-state index contributed by atoms with van der Waals surface area (Å²) in [5, 5.41) is 6.23. The molecule has 0 saturated carbocycles. The summed E-state index contributed by atoms with van der Waals surface area (Å²) in [6, 6.07) is 6.83. The van der Waals surface area contributed by atoms with E-state index in [1.54, 1.807) is 18.2 Å². The van der Waals surface area contributed by atoms with E-state index in [0.717, 1.165) is 19.5 Å². The SMILES string of the molecule is COc1ccc(Nc2ncnc3ccc(O[C@H]4CCNC4)nc23)c(F)c1Br. The minimum Gasteiger partial charge on any atom is -0.495 e. The lowest BCUT2D eigenvalue weighted by Crippen LogP contribution is -2.20. The molecule has 0 amide bonds. The van der Waals surface area contributed by atoms with Gasteiger partial charge in [0.15, 0.2) is 11.6 Å². The van der Waals surface area contributed by atoms with Gasteiger partial charge in [-0.05, 0) is 47.1 Å². The van der Waals surface area contributed by atoms with Gasteiger partial charge < -0.3 is 20.1 Å². The van der Waals surface area contributed by atoms with Crippen LogP contribution in [0.3, 0.4) is 0 Å². The van der Waals surface area contributed by atoms with Gasteiger partial charge in [-0.1, -0.05) is 0 Å². The fourth-order valence-corrected chi connectivity index (χ4v) is 3.40. The molecule has 1 saturated heterocycles. The quantitative estimate of drug-likeness (QED) is 0.637. The molecular weight excluding hydrogens is 417 g/mol. The third-order valence-electron chi connectivity index (χ3n) is 4.28. The number of hydrogen-bond acceptors (Lipinski definition) is 7. The van der Waals surface area contributed by atoms with Crippen molar-refractivity contribution in [1.82, 2.24) is 20.3 Å². The average Bonchev–Trinajstić information content (AvgIpc) is 3.19. The fraction of sp³-hybridized carbons (Fsp3) is 0.278. The molecule has 2 aromatic heterocycles. The van der Waals surface area contributed by atoms with E-state index in [1.807, 2.05) is 6.07 Å². The molecule has 140 valence electrons. The summed E-state index contributed by atoms with van der Waals surface area (Å²) in [5.41, 5.74) is 1.39. The van der Waals surface area contributed by atoms with E-state index in [1.165, 1.54) is 13.4 Å². The van der Waals surface area contributed by atoms with Gasteiger partial charge in [0.1, 0.15) is 23.7 Å². The molecule has 7 nitrogen and oxygen atoms in total. The molecule has 0 bridgehead atoms. The van der Waals surface area contributed by atoms with Crippen molar-refractivity contribution in [2.24, 2.45) is 0 Å². The first-order valence-electron chi connectivity index (χ1n) is 8.44. The summed E-state index contributed by atoms with van der Waals surface area (Å²) in [6.45, 7) is 1.72. The molecule has 1 aliphatic rings. The lowest BCUT2D eigenvalue weighted by Gasteiger charge is -2.14. The summed E-state index contributed by atoms with van der Waals surface area (Å²) in [6.07, 6.45) is 2.43. The summed E-state index contributed by atoms with van der Waals surface area (Å²) in [4.78, 5) is 13.0. The van der Waals surface area contributed by atoms with Crippen LogP contribution in [0.5, 0.6) is 11.6 Å². The number of ether oxygens (including phenoxy) is 2. The lowest BCUT2D eigenvalue weighted by molar-refractivity contribution is 0.215. The highest BCUT2D eigenvalue weighted by Gasteiger charge is 2.18. The fourth-order valence-electron chi connectivity index (χ4n) is 2.89. The molecule has 2 N–H and O–H groups in total. The van der Waals surface area contributed by atoms with Gasteiger partial charge >= 0.3 is 0 Å². The van der Waals surface area contributed by atoms with E-state index in [4.69, 9.17) is 9.47 Å². The van der Waals surface area contributed by atoms with Crippen molar-refractivity contribution < 1.29 is 13.9 Å². The zero-order valence-electron chi connectivity index (χ0n) is 14.5. The second-order valence-electron chi connectivity index (χ2n) is 6.04. The van der Waals surface area contributed by atoms with Crippen molar-refractivity contribution in [2.75, 3.05) is 25.5 Å². The zero-order valence-corrected chi connectivity index (χ0v) is 16.1. The third kappa shape index (κ3) is 3.65. The second kappa shape index (κ2) is 7.61. The maximum absolute atomic E-state index is 14.6. The number of nitrogens with one attached hydrogen (secondary N) is 2. The first kappa shape index (κ1) is 17.9. The average molecular weight is 434 g/mol. The minimum atomic E-state index is -0.481. The van der Waals surface area contributed by atoms with E-state index in [9.17, 15) is 4.39 Å². The molecular formula is C18H17BrFN5O2. The molecule has 1 atom stereocenters. The van der Waals surface area contributed by atoms with Crippen molar-refractivity contribution in [3.63, 3.8) is 0 Å². The van der Waals surface area contributed by atoms with Crippen LogP contribution in [0.1, 0.15) is 6.42 Å². The van der Waals surface area contributed by atoms with E-state index in [0.29, 0.717) is 28.5 Å². The maximum atomic E-state index is 14.6. The van der Waals surface area contributed by atoms with E-state index in [-0.39, 0.29) is 16.3 Å². The number of methoxy groups -OCH3 is 1. The molecule has 3 aromatic rings. The minimum absolute atomic E-state index is 0.0889. The number of nitrogens with zero attached hydrogens (tertiary/aromatic N) is 3. The Bertz CT molecular complexity index is 981. The highest BCUT2D eigenvalue weighted by Crippen LogP contribution is 2.34. The highest BCUT2D eigenvalue weighted by molar-refractivity contribution is 9.10. The number of halogens is 2. The first-order valence-corrected chi connectivity index (χ1v) is 9.23. The Morgan fingerprint density at radius 1 is 1.26 bits per heavy atom. The van der Waals surface area contributed by atoms with E-state index in [2.05, 4.69) is 41.5 Å². The van der Waals surface area contributed by atoms with Gasteiger partial charge in [0.2, 0.25) is 5.88 Å². The molecule has 27 heavy (non-hydrogen) atoms. The predicted molar refractivity (Wildman–Crippen MR) is 103 cm³/mol. The molecule has 1 aromatic carbocycles. The smallest absolute Gasteiger partial charge is 0.214 e. The standard InChI is InChI=1S/C18H17BrFN5O2/c1-26-13-4-2-11(16(20)15(13)19)24-18-17-12(22-9-23-18)3-5-14(25-17)27-10-6-7-21-8-10/h2-5,9-10,21H,6-8H2,1H3,(H,22,23,24)/t10-/m0/s1. The van der Waals surface area contributed by atoms with E-state index >= 15 is 0 Å². The number of rotatable bonds is 5. The van der Waals surface area contributed by atoms with Gasteiger partial charge in [-0.25, -0.2) is 19.3 Å². The Balaban J connectivity index is 1.68.